The third kappa shape index (κ3) is 3.52. The predicted molar refractivity (Wildman–Crippen MR) is 94.8 cm³/mol. The number of aromatic hydroxyl groups is 1. The highest BCUT2D eigenvalue weighted by molar-refractivity contribution is 9.10. The molecule has 1 aromatic heterocycles. The third-order valence-corrected chi connectivity index (χ3v) is 3.78. The van der Waals surface area contributed by atoms with Gasteiger partial charge in [-0.25, -0.2) is 4.68 Å². The zero-order valence-electron chi connectivity index (χ0n) is 11.2. The third-order valence-electron chi connectivity index (χ3n) is 3.25. The zero-order valence-corrected chi connectivity index (χ0v) is 12.8. The molecule has 0 saturated carbocycles. The van der Waals surface area contributed by atoms with Gasteiger partial charge in [0.25, 0.3) is 0 Å². The molecule has 3 aromatic rings. The molecule has 0 amide bonds. The second kappa shape index (κ2) is 7.28. The summed E-state index contributed by atoms with van der Waals surface area (Å²) in [7, 11) is 0. The van der Waals surface area contributed by atoms with Gasteiger partial charge in [-0.3, -0.25) is 0 Å². The van der Waals surface area contributed by atoms with E-state index in [1.807, 2.05) is 48.5 Å². The molecule has 4 nitrogen and oxygen atoms in total. The van der Waals surface area contributed by atoms with Gasteiger partial charge in [0, 0.05) is 22.6 Å². The number of rotatable bonds is 3. The smallest absolute Gasteiger partial charge is 0.316 e. The molecule has 6 heteroatoms. The molecule has 2 aromatic carbocycles. The molecule has 3 N–H and O–H groups in total. The predicted octanol–water partition coefficient (Wildman–Crippen LogP) is 2.55. The average Bonchev–Trinajstić information content (AvgIpc) is 2.90. The van der Waals surface area contributed by atoms with Crippen LogP contribution in [0.2, 0.25) is 0 Å². The summed E-state index contributed by atoms with van der Waals surface area (Å²) in [5.41, 5.74) is 9.36. The number of halogens is 1. The minimum absolute atomic E-state index is 0. The van der Waals surface area contributed by atoms with Gasteiger partial charge in [-0.2, -0.15) is 0 Å². The van der Waals surface area contributed by atoms with Gasteiger partial charge >= 0.3 is 23.1 Å². The zero-order chi connectivity index (χ0) is 14.8. The first-order chi connectivity index (χ1) is 10.2. The molecule has 22 heavy (non-hydrogen) atoms. The maximum Gasteiger partial charge on any atom is 0.316 e. The molecule has 1 heterocycles. The van der Waals surface area contributed by atoms with Gasteiger partial charge in [-0.1, -0.05) is 40.2 Å². The summed E-state index contributed by atoms with van der Waals surface area (Å²) in [5, 5.41) is 13.9. The highest BCUT2D eigenvalue weighted by Crippen LogP contribution is 2.27. The molecular weight excluding hydrogens is 354 g/mol. The fourth-order valence-corrected chi connectivity index (χ4v) is 2.43. The fourth-order valence-electron chi connectivity index (χ4n) is 2.16. The second-order valence-electron chi connectivity index (χ2n) is 4.68. The van der Waals surface area contributed by atoms with Crippen LogP contribution in [0.1, 0.15) is 5.56 Å². The van der Waals surface area contributed by atoms with Crippen LogP contribution in [0.4, 0.5) is 0 Å². The minimum Gasteiger partial charge on any atom is -0.492 e. The largest absolute Gasteiger partial charge is 0.492 e. The summed E-state index contributed by atoms with van der Waals surface area (Å²) in [5.74, 6) is -0.00387. The van der Waals surface area contributed by atoms with E-state index in [-0.39, 0.29) is 28.9 Å². The Kier molecular flexibility index (Phi) is 5.63. The summed E-state index contributed by atoms with van der Waals surface area (Å²) in [6, 6.07) is 17.3. The van der Waals surface area contributed by atoms with Crippen molar-refractivity contribution in [2.24, 2.45) is 5.73 Å². The summed E-state index contributed by atoms with van der Waals surface area (Å²) < 4.78 is 2.73. The van der Waals surface area contributed by atoms with Gasteiger partial charge in [0.1, 0.15) is 0 Å². The molecule has 0 aliphatic rings. The lowest BCUT2D eigenvalue weighted by molar-refractivity contribution is 0.448. The lowest BCUT2D eigenvalue weighted by atomic mass is 10.1. The first-order valence-electron chi connectivity index (χ1n) is 6.52. The van der Waals surface area contributed by atoms with Crippen LogP contribution in [-0.2, 0) is 6.54 Å². The fraction of sp³-hybridized carbons (Fsp3) is 0.0625. The van der Waals surface area contributed by atoms with Gasteiger partial charge in [-0.05, 0) is 29.8 Å². The van der Waals surface area contributed by atoms with E-state index in [2.05, 4.69) is 21.0 Å². The molecule has 0 aliphatic carbocycles. The average molecular weight is 371 g/mol. The van der Waals surface area contributed by atoms with Gasteiger partial charge in [-0.15, -0.1) is 5.10 Å². The number of aromatic nitrogens is 2. The molecular formula is C16H16BrMgN3O. The van der Waals surface area contributed by atoms with Gasteiger partial charge in [0.05, 0.1) is 11.4 Å². The van der Waals surface area contributed by atoms with Gasteiger partial charge < -0.3 is 10.8 Å². The van der Waals surface area contributed by atoms with E-state index in [0.717, 1.165) is 27.0 Å². The lowest BCUT2D eigenvalue weighted by Gasteiger charge is -2.08. The molecule has 0 spiro atoms. The molecule has 0 bridgehead atoms. The van der Waals surface area contributed by atoms with Crippen molar-refractivity contribution >= 4 is 39.0 Å². The van der Waals surface area contributed by atoms with E-state index in [1.54, 1.807) is 10.7 Å². The molecule has 3 rings (SSSR count). The van der Waals surface area contributed by atoms with E-state index in [4.69, 9.17) is 5.73 Å². The van der Waals surface area contributed by atoms with Crippen LogP contribution in [0.5, 0.6) is 5.88 Å². The van der Waals surface area contributed by atoms with E-state index < -0.39 is 0 Å². The van der Waals surface area contributed by atoms with Crippen LogP contribution < -0.4 is 5.73 Å². The minimum atomic E-state index is -0.00387. The van der Waals surface area contributed by atoms with Crippen LogP contribution in [0.15, 0.2) is 59.1 Å². The standard InChI is InChI=1S/C16H14BrN3O.Mg.2H/c17-13-5-3-12(4-6-13)15-9-16(21)19-20(15)14-7-1-11(10-18)2-8-14;;;/h1-9H,10,18H2,(H,19,21);;;. The summed E-state index contributed by atoms with van der Waals surface area (Å²) in [4.78, 5) is 0. The second-order valence-corrected chi connectivity index (χ2v) is 5.59. The monoisotopic (exact) mass is 369 g/mol. The van der Waals surface area contributed by atoms with E-state index in [9.17, 15) is 5.11 Å². The molecule has 110 valence electrons. The normalized spacial score (nSPS) is 10.3. The summed E-state index contributed by atoms with van der Waals surface area (Å²) in [6.45, 7) is 0.504. The number of hydrogen-bond acceptors (Lipinski definition) is 3. The van der Waals surface area contributed by atoms with Crippen molar-refractivity contribution < 1.29 is 5.11 Å². The number of nitrogens with two attached hydrogens (primary N) is 1. The van der Waals surface area contributed by atoms with Crippen LogP contribution in [0, 0.1) is 0 Å². The highest BCUT2D eigenvalue weighted by atomic mass is 79.9. The number of nitrogens with zero attached hydrogens (tertiary/aromatic N) is 2. The van der Waals surface area contributed by atoms with Crippen LogP contribution in [0.3, 0.4) is 0 Å². The first kappa shape index (κ1) is 17.0. The maximum absolute atomic E-state index is 9.75. The Balaban J connectivity index is 0.00000176. The van der Waals surface area contributed by atoms with Crippen molar-refractivity contribution in [1.82, 2.24) is 9.78 Å². The van der Waals surface area contributed by atoms with Crippen LogP contribution in [0.25, 0.3) is 16.9 Å². The highest BCUT2D eigenvalue weighted by Gasteiger charge is 2.11. The molecule has 0 radical (unpaired) electrons. The van der Waals surface area contributed by atoms with Crippen molar-refractivity contribution in [3.05, 3.63) is 64.6 Å². The molecule has 0 saturated heterocycles. The van der Waals surface area contributed by atoms with Gasteiger partial charge in [0.15, 0.2) is 0 Å². The van der Waals surface area contributed by atoms with Crippen molar-refractivity contribution in [1.29, 1.82) is 0 Å². The number of hydrogen-bond donors (Lipinski definition) is 2. The van der Waals surface area contributed by atoms with Crippen LogP contribution in [-0.4, -0.2) is 37.9 Å². The molecule has 0 aliphatic heterocycles. The lowest BCUT2D eigenvalue weighted by Crippen LogP contribution is -2.00. The van der Waals surface area contributed by atoms with Crippen molar-refractivity contribution in [3.8, 4) is 22.8 Å². The van der Waals surface area contributed by atoms with Crippen molar-refractivity contribution in [3.63, 3.8) is 0 Å². The first-order valence-corrected chi connectivity index (χ1v) is 7.31. The molecule has 0 fully saturated rings. The topological polar surface area (TPSA) is 64.1 Å². The van der Waals surface area contributed by atoms with Crippen molar-refractivity contribution in [2.75, 3.05) is 0 Å². The molecule has 0 atom stereocenters. The Bertz CT molecular complexity index is 754. The Labute approximate surface area is 153 Å². The Morgan fingerprint density at radius 1 is 1.05 bits per heavy atom. The maximum atomic E-state index is 9.75. The quantitative estimate of drug-likeness (QED) is 0.697. The summed E-state index contributed by atoms with van der Waals surface area (Å²) >= 11 is 3.42. The summed E-state index contributed by atoms with van der Waals surface area (Å²) in [6.07, 6.45) is 0. The van der Waals surface area contributed by atoms with E-state index >= 15 is 0 Å². The van der Waals surface area contributed by atoms with E-state index in [1.165, 1.54) is 0 Å². The number of benzene rings is 2. The Morgan fingerprint density at radius 3 is 2.27 bits per heavy atom. The van der Waals surface area contributed by atoms with Crippen LogP contribution >= 0.6 is 15.9 Å². The Morgan fingerprint density at radius 2 is 1.68 bits per heavy atom. The van der Waals surface area contributed by atoms with Crippen molar-refractivity contribution in [2.45, 2.75) is 6.54 Å². The SMILES string of the molecule is NCc1ccc(-n2nc(O)cc2-c2ccc(Br)cc2)cc1.[MgH2]. The Hall–Kier alpha value is -1.34. The molecule has 0 unspecified atom stereocenters. The van der Waals surface area contributed by atoms with Gasteiger partial charge in [0.2, 0.25) is 5.88 Å². The van der Waals surface area contributed by atoms with E-state index in [0.29, 0.717) is 6.54 Å².